The molecule has 3 rings (SSSR count). The van der Waals surface area contributed by atoms with E-state index in [4.69, 9.17) is 0 Å². The van der Waals surface area contributed by atoms with Gasteiger partial charge in [-0.2, -0.15) is 0 Å². The summed E-state index contributed by atoms with van der Waals surface area (Å²) in [6.45, 7) is 0.612. The van der Waals surface area contributed by atoms with Gasteiger partial charge in [0.25, 0.3) is 5.56 Å². The highest BCUT2D eigenvalue weighted by Gasteiger charge is 2.11. The van der Waals surface area contributed by atoms with Crippen molar-refractivity contribution in [3.05, 3.63) is 77.0 Å². The first kappa shape index (κ1) is 15.9. The molecule has 0 fully saturated rings. The van der Waals surface area contributed by atoms with Crippen molar-refractivity contribution in [3.63, 3.8) is 0 Å². The zero-order chi connectivity index (χ0) is 16.9. The predicted octanol–water partition coefficient (Wildman–Crippen LogP) is 2.10. The third-order valence-corrected chi connectivity index (χ3v) is 4.05. The Balaban J connectivity index is 1.68. The number of amides is 1. The van der Waals surface area contributed by atoms with Crippen molar-refractivity contribution < 1.29 is 4.79 Å². The molecule has 0 radical (unpaired) electrons. The standard InChI is InChI=1S/C19H19N3O2/c1-21(12-10-16-7-4-5-11-20-16)18(23)14-22-13-9-15-6-2-3-8-17(15)19(22)24/h2-9,11,13H,10,12,14H2,1H3. The summed E-state index contributed by atoms with van der Waals surface area (Å²) in [5.74, 6) is -0.0942. The Bertz CT molecular complexity index is 903. The fourth-order valence-electron chi connectivity index (χ4n) is 2.57. The number of hydrogen-bond donors (Lipinski definition) is 0. The highest BCUT2D eigenvalue weighted by atomic mass is 16.2. The first-order valence-electron chi connectivity index (χ1n) is 7.87. The maximum atomic E-state index is 12.4. The van der Waals surface area contributed by atoms with E-state index < -0.39 is 0 Å². The molecule has 0 aliphatic carbocycles. The summed E-state index contributed by atoms with van der Waals surface area (Å²) in [5.41, 5.74) is 0.805. The normalized spacial score (nSPS) is 10.7. The summed E-state index contributed by atoms with van der Waals surface area (Å²) in [7, 11) is 1.75. The molecule has 0 saturated heterocycles. The van der Waals surface area contributed by atoms with E-state index in [1.54, 1.807) is 30.4 Å². The van der Waals surface area contributed by atoms with Crippen molar-refractivity contribution in [1.29, 1.82) is 0 Å². The highest BCUT2D eigenvalue weighted by Crippen LogP contribution is 2.08. The van der Waals surface area contributed by atoms with E-state index in [1.165, 1.54) is 4.57 Å². The molecule has 24 heavy (non-hydrogen) atoms. The molecular weight excluding hydrogens is 302 g/mol. The van der Waals surface area contributed by atoms with Crippen LogP contribution in [0.1, 0.15) is 5.69 Å². The number of benzene rings is 1. The Morgan fingerprint density at radius 3 is 2.71 bits per heavy atom. The Morgan fingerprint density at radius 1 is 1.12 bits per heavy atom. The van der Waals surface area contributed by atoms with Gasteiger partial charge in [0, 0.05) is 43.5 Å². The number of nitrogens with zero attached hydrogens (tertiary/aromatic N) is 3. The molecule has 2 aromatic heterocycles. The summed E-state index contributed by atoms with van der Waals surface area (Å²) >= 11 is 0. The lowest BCUT2D eigenvalue weighted by Crippen LogP contribution is -2.35. The Morgan fingerprint density at radius 2 is 1.92 bits per heavy atom. The summed E-state index contributed by atoms with van der Waals surface area (Å²) < 4.78 is 1.46. The van der Waals surface area contributed by atoms with Gasteiger partial charge in [0.2, 0.25) is 5.91 Å². The minimum Gasteiger partial charge on any atom is -0.344 e. The molecule has 0 aliphatic heterocycles. The maximum Gasteiger partial charge on any atom is 0.258 e. The van der Waals surface area contributed by atoms with Crippen LogP contribution in [0.2, 0.25) is 0 Å². The lowest BCUT2D eigenvalue weighted by atomic mass is 10.2. The van der Waals surface area contributed by atoms with Gasteiger partial charge >= 0.3 is 0 Å². The number of aromatic nitrogens is 2. The van der Waals surface area contributed by atoms with Crippen molar-refractivity contribution in [2.45, 2.75) is 13.0 Å². The summed E-state index contributed by atoms with van der Waals surface area (Å²) in [6.07, 6.45) is 4.11. The maximum absolute atomic E-state index is 12.4. The minimum atomic E-state index is -0.139. The molecule has 0 bridgehead atoms. The van der Waals surface area contributed by atoms with Gasteiger partial charge in [0.05, 0.1) is 0 Å². The van der Waals surface area contributed by atoms with Crippen LogP contribution in [0.25, 0.3) is 10.8 Å². The van der Waals surface area contributed by atoms with Gasteiger partial charge in [-0.05, 0) is 29.7 Å². The number of pyridine rings is 2. The predicted molar refractivity (Wildman–Crippen MR) is 93.8 cm³/mol. The topological polar surface area (TPSA) is 55.2 Å². The number of hydrogen-bond acceptors (Lipinski definition) is 3. The molecule has 0 atom stereocenters. The van der Waals surface area contributed by atoms with Crippen LogP contribution in [0, 0.1) is 0 Å². The van der Waals surface area contributed by atoms with E-state index in [1.807, 2.05) is 42.5 Å². The van der Waals surface area contributed by atoms with E-state index in [0.717, 1.165) is 11.1 Å². The van der Waals surface area contributed by atoms with Crippen molar-refractivity contribution in [1.82, 2.24) is 14.5 Å². The molecule has 0 unspecified atom stereocenters. The van der Waals surface area contributed by atoms with Crippen LogP contribution < -0.4 is 5.56 Å². The van der Waals surface area contributed by atoms with Crippen LogP contribution in [0.15, 0.2) is 65.7 Å². The number of fused-ring (bicyclic) bond motifs is 1. The molecule has 2 heterocycles. The Labute approximate surface area is 140 Å². The second-order valence-corrected chi connectivity index (χ2v) is 5.72. The Hall–Kier alpha value is -2.95. The zero-order valence-corrected chi connectivity index (χ0v) is 13.6. The number of carbonyl (C=O) groups excluding carboxylic acids is 1. The number of likely N-dealkylation sites (N-methyl/N-ethyl adjacent to an activating group) is 1. The van der Waals surface area contributed by atoms with Crippen LogP contribution in [-0.2, 0) is 17.8 Å². The van der Waals surface area contributed by atoms with Gasteiger partial charge in [-0.15, -0.1) is 0 Å². The average molecular weight is 321 g/mol. The molecule has 122 valence electrons. The summed E-state index contributed by atoms with van der Waals surface area (Å²) in [4.78, 5) is 30.7. The van der Waals surface area contributed by atoms with Crippen molar-refractivity contribution >= 4 is 16.7 Å². The lowest BCUT2D eigenvalue weighted by Gasteiger charge is -2.17. The molecule has 0 aliphatic rings. The second-order valence-electron chi connectivity index (χ2n) is 5.72. The quantitative estimate of drug-likeness (QED) is 0.723. The molecule has 3 aromatic rings. The summed E-state index contributed by atoms with van der Waals surface area (Å²) in [6, 6.07) is 15.0. The smallest absolute Gasteiger partial charge is 0.258 e. The van der Waals surface area contributed by atoms with Gasteiger partial charge in [-0.25, -0.2) is 0 Å². The fourth-order valence-corrected chi connectivity index (χ4v) is 2.57. The molecule has 5 heteroatoms. The second kappa shape index (κ2) is 7.08. The van der Waals surface area contributed by atoms with Gasteiger partial charge in [-0.1, -0.05) is 24.3 Å². The largest absolute Gasteiger partial charge is 0.344 e. The molecular formula is C19H19N3O2. The third-order valence-electron chi connectivity index (χ3n) is 4.05. The number of rotatable bonds is 5. The molecule has 0 N–H and O–H groups in total. The van der Waals surface area contributed by atoms with Crippen molar-refractivity contribution in [2.24, 2.45) is 0 Å². The Kier molecular flexibility index (Phi) is 4.70. The van der Waals surface area contributed by atoms with Gasteiger partial charge in [0.15, 0.2) is 0 Å². The van der Waals surface area contributed by atoms with Crippen LogP contribution in [0.4, 0.5) is 0 Å². The van der Waals surface area contributed by atoms with E-state index in [-0.39, 0.29) is 18.0 Å². The zero-order valence-electron chi connectivity index (χ0n) is 13.6. The number of carbonyl (C=O) groups is 1. The molecule has 1 aromatic carbocycles. The first-order chi connectivity index (χ1) is 11.6. The van der Waals surface area contributed by atoms with Gasteiger partial charge < -0.3 is 9.47 Å². The first-order valence-corrected chi connectivity index (χ1v) is 7.87. The molecule has 5 nitrogen and oxygen atoms in total. The van der Waals surface area contributed by atoms with Crippen LogP contribution in [0.3, 0.4) is 0 Å². The van der Waals surface area contributed by atoms with Crippen LogP contribution in [0.5, 0.6) is 0 Å². The van der Waals surface area contributed by atoms with Crippen molar-refractivity contribution in [3.8, 4) is 0 Å². The molecule has 1 amide bonds. The average Bonchev–Trinajstić information content (AvgIpc) is 2.63. The van der Waals surface area contributed by atoms with Crippen LogP contribution in [-0.4, -0.2) is 34.0 Å². The molecule has 0 saturated carbocycles. The SMILES string of the molecule is CN(CCc1ccccn1)C(=O)Cn1ccc2ccccc2c1=O. The molecule has 0 spiro atoms. The van der Waals surface area contributed by atoms with Crippen LogP contribution >= 0.6 is 0 Å². The highest BCUT2D eigenvalue weighted by molar-refractivity contribution is 5.82. The minimum absolute atomic E-state index is 0.0440. The monoisotopic (exact) mass is 321 g/mol. The third kappa shape index (κ3) is 3.51. The van der Waals surface area contributed by atoms with E-state index in [9.17, 15) is 9.59 Å². The fraction of sp³-hybridized carbons (Fsp3) is 0.211. The van der Waals surface area contributed by atoms with Gasteiger partial charge in [0.1, 0.15) is 6.54 Å². The van der Waals surface area contributed by atoms with E-state index in [2.05, 4.69) is 4.98 Å². The van der Waals surface area contributed by atoms with Gasteiger partial charge in [-0.3, -0.25) is 14.6 Å². The summed E-state index contributed by atoms with van der Waals surface area (Å²) in [5, 5.41) is 1.51. The van der Waals surface area contributed by atoms with Crippen molar-refractivity contribution in [2.75, 3.05) is 13.6 Å². The van der Waals surface area contributed by atoms with E-state index >= 15 is 0 Å². The lowest BCUT2D eigenvalue weighted by molar-refractivity contribution is -0.130. The van der Waals surface area contributed by atoms with E-state index in [0.29, 0.717) is 18.4 Å².